The lowest BCUT2D eigenvalue weighted by atomic mass is 9.65. The number of primary amides is 1. The van der Waals surface area contributed by atoms with Gasteiger partial charge in [-0.2, -0.15) is 0 Å². The van der Waals surface area contributed by atoms with E-state index in [4.69, 9.17) is 5.73 Å². The summed E-state index contributed by atoms with van der Waals surface area (Å²) in [6.07, 6.45) is 6.69. The predicted molar refractivity (Wildman–Crippen MR) is 119 cm³/mol. The van der Waals surface area contributed by atoms with Crippen LogP contribution in [0, 0.1) is 5.41 Å². The number of amides is 2. The molecule has 8 heteroatoms. The first-order valence-corrected chi connectivity index (χ1v) is 10.4. The van der Waals surface area contributed by atoms with Crippen LogP contribution in [0.15, 0.2) is 42.7 Å². The Labute approximate surface area is 183 Å². The van der Waals surface area contributed by atoms with Crippen molar-refractivity contribution in [1.82, 2.24) is 14.9 Å². The van der Waals surface area contributed by atoms with Gasteiger partial charge in [0.1, 0.15) is 0 Å². The lowest BCUT2D eigenvalue weighted by Gasteiger charge is -2.50. The molecule has 1 aromatic heterocycles. The average molecular weight is 426 g/mol. The van der Waals surface area contributed by atoms with Gasteiger partial charge in [0, 0.05) is 12.1 Å². The minimum absolute atomic E-state index is 0.0242. The molecule has 31 heavy (non-hydrogen) atoms. The van der Waals surface area contributed by atoms with Gasteiger partial charge < -0.3 is 10.5 Å². The van der Waals surface area contributed by atoms with Crippen LogP contribution in [0.25, 0.3) is 0 Å². The van der Waals surface area contributed by atoms with Crippen LogP contribution in [-0.4, -0.2) is 54.6 Å². The zero-order valence-electron chi connectivity index (χ0n) is 18.7. The van der Waals surface area contributed by atoms with E-state index in [1.165, 1.54) is 30.0 Å². The second-order valence-electron chi connectivity index (χ2n) is 8.78. The molecule has 1 heterocycles. The highest BCUT2D eigenvalue weighted by molar-refractivity contribution is 5.91. The van der Waals surface area contributed by atoms with Gasteiger partial charge in [0.2, 0.25) is 5.82 Å². The average Bonchev–Trinajstić information content (AvgIpc) is 2.78. The third-order valence-electron chi connectivity index (χ3n) is 6.58. The van der Waals surface area contributed by atoms with Crippen LogP contribution in [-0.2, 0) is 10.3 Å². The van der Waals surface area contributed by atoms with E-state index in [9.17, 15) is 9.59 Å². The SMILES string of the molecule is COC(=O)c1ncc(N(CC2(C)CCC(c3ccccc3)(N(C)C)CC2)C(N)=O)cn1. The first-order chi connectivity index (χ1) is 14.7. The number of ether oxygens (including phenoxy) is 1. The van der Waals surface area contributed by atoms with Crippen molar-refractivity contribution in [3.05, 3.63) is 54.1 Å². The summed E-state index contributed by atoms with van der Waals surface area (Å²) in [5.74, 6) is -0.685. The molecular formula is C23H31N5O3. The third-order valence-corrected chi connectivity index (χ3v) is 6.58. The summed E-state index contributed by atoms with van der Waals surface area (Å²) < 4.78 is 4.62. The number of carbonyl (C=O) groups is 2. The van der Waals surface area contributed by atoms with Crippen molar-refractivity contribution in [3.63, 3.8) is 0 Å². The van der Waals surface area contributed by atoms with Gasteiger partial charge >= 0.3 is 12.0 Å². The van der Waals surface area contributed by atoms with Crippen LogP contribution in [0.2, 0.25) is 0 Å². The van der Waals surface area contributed by atoms with Gasteiger partial charge in [0.25, 0.3) is 0 Å². The molecule has 0 unspecified atom stereocenters. The van der Waals surface area contributed by atoms with E-state index in [2.05, 4.69) is 64.9 Å². The van der Waals surface area contributed by atoms with E-state index in [0.29, 0.717) is 12.2 Å². The van der Waals surface area contributed by atoms with Gasteiger partial charge in [-0.3, -0.25) is 9.80 Å². The summed E-state index contributed by atoms with van der Waals surface area (Å²) in [7, 11) is 5.53. The molecule has 166 valence electrons. The van der Waals surface area contributed by atoms with Crippen molar-refractivity contribution in [3.8, 4) is 0 Å². The third kappa shape index (κ3) is 4.69. The summed E-state index contributed by atoms with van der Waals surface area (Å²) in [5.41, 5.74) is 7.35. The van der Waals surface area contributed by atoms with E-state index in [1.54, 1.807) is 0 Å². The predicted octanol–water partition coefficient (Wildman–Crippen LogP) is 3.19. The van der Waals surface area contributed by atoms with E-state index < -0.39 is 12.0 Å². The minimum atomic E-state index is -0.627. The largest absolute Gasteiger partial charge is 0.463 e. The molecule has 0 radical (unpaired) electrons. The van der Waals surface area contributed by atoms with Crippen molar-refractivity contribution in [2.45, 2.75) is 38.1 Å². The van der Waals surface area contributed by atoms with E-state index in [1.807, 2.05) is 6.07 Å². The van der Waals surface area contributed by atoms with Crippen molar-refractivity contribution in [2.75, 3.05) is 32.6 Å². The number of hydrogen-bond acceptors (Lipinski definition) is 6. The van der Waals surface area contributed by atoms with Crippen LogP contribution < -0.4 is 10.6 Å². The summed E-state index contributed by atoms with van der Waals surface area (Å²) in [5, 5.41) is 0. The minimum Gasteiger partial charge on any atom is -0.463 e. The van der Waals surface area contributed by atoms with Gasteiger partial charge in [-0.05, 0) is 50.8 Å². The summed E-state index contributed by atoms with van der Waals surface area (Å²) >= 11 is 0. The van der Waals surface area contributed by atoms with Crippen molar-refractivity contribution < 1.29 is 14.3 Å². The van der Waals surface area contributed by atoms with Crippen LogP contribution in [0.5, 0.6) is 0 Å². The molecule has 1 saturated carbocycles. The molecule has 1 aromatic carbocycles. The van der Waals surface area contributed by atoms with Crippen molar-refractivity contribution in [1.29, 1.82) is 0 Å². The van der Waals surface area contributed by atoms with E-state index in [0.717, 1.165) is 25.7 Å². The normalized spacial score (nSPS) is 23.4. The fourth-order valence-corrected chi connectivity index (χ4v) is 4.50. The highest BCUT2D eigenvalue weighted by atomic mass is 16.5. The Morgan fingerprint density at radius 3 is 2.13 bits per heavy atom. The maximum atomic E-state index is 12.2. The van der Waals surface area contributed by atoms with E-state index >= 15 is 0 Å². The maximum absolute atomic E-state index is 12.2. The second kappa shape index (κ2) is 9.01. The summed E-state index contributed by atoms with van der Waals surface area (Å²) in [6.45, 7) is 2.65. The number of aromatic nitrogens is 2. The molecule has 1 aliphatic carbocycles. The number of rotatable bonds is 6. The fraction of sp³-hybridized carbons (Fsp3) is 0.478. The zero-order chi connectivity index (χ0) is 22.6. The Balaban J connectivity index is 1.78. The number of anilines is 1. The number of hydrogen-bond donors (Lipinski definition) is 1. The number of urea groups is 1. The van der Waals surface area contributed by atoms with Crippen LogP contribution in [0.3, 0.4) is 0 Å². The Hall–Kier alpha value is -3.00. The Morgan fingerprint density at radius 2 is 1.65 bits per heavy atom. The maximum Gasteiger partial charge on any atom is 0.376 e. The zero-order valence-corrected chi connectivity index (χ0v) is 18.7. The lowest BCUT2D eigenvalue weighted by Crippen LogP contribution is -2.50. The Kier molecular flexibility index (Phi) is 6.59. The second-order valence-corrected chi connectivity index (χ2v) is 8.78. The first kappa shape index (κ1) is 22.7. The molecule has 2 amide bonds. The smallest absolute Gasteiger partial charge is 0.376 e. The molecule has 0 saturated heterocycles. The molecule has 0 atom stereocenters. The number of methoxy groups -OCH3 is 1. The quantitative estimate of drug-likeness (QED) is 0.713. The molecule has 8 nitrogen and oxygen atoms in total. The standard InChI is InChI=1S/C23H31N5O3/c1-22(10-12-23(13-11-22,27(2)3)17-8-6-5-7-9-17)16-28(21(24)30)18-14-25-19(26-15-18)20(29)31-4/h5-9,14-15H,10-13,16H2,1-4H3,(H2,24,30). The molecule has 0 spiro atoms. The van der Waals surface area contributed by atoms with Gasteiger partial charge in [-0.15, -0.1) is 0 Å². The fourth-order valence-electron chi connectivity index (χ4n) is 4.50. The Morgan fingerprint density at radius 1 is 1.06 bits per heavy atom. The molecular weight excluding hydrogens is 394 g/mol. The molecule has 0 bridgehead atoms. The summed E-state index contributed by atoms with van der Waals surface area (Å²) in [6, 6.07) is 10.0. The van der Waals surface area contributed by atoms with Crippen LogP contribution in [0.4, 0.5) is 10.5 Å². The van der Waals surface area contributed by atoms with Crippen molar-refractivity contribution >= 4 is 17.7 Å². The number of carbonyl (C=O) groups excluding carboxylic acids is 2. The Bertz CT molecular complexity index is 907. The highest BCUT2D eigenvalue weighted by Crippen LogP contribution is 2.48. The first-order valence-electron chi connectivity index (χ1n) is 10.4. The van der Waals surface area contributed by atoms with E-state index in [-0.39, 0.29) is 16.8 Å². The molecule has 3 rings (SSSR count). The number of nitrogens with two attached hydrogens (primary N) is 1. The topological polar surface area (TPSA) is 102 Å². The molecule has 1 fully saturated rings. The molecule has 2 N–H and O–H groups in total. The molecule has 2 aromatic rings. The summed E-state index contributed by atoms with van der Waals surface area (Å²) in [4.78, 5) is 35.6. The van der Waals surface area contributed by atoms with Gasteiger partial charge in [-0.1, -0.05) is 37.3 Å². The number of benzene rings is 1. The number of nitrogens with zero attached hydrogens (tertiary/aromatic N) is 4. The van der Waals surface area contributed by atoms with Crippen molar-refractivity contribution in [2.24, 2.45) is 11.1 Å². The van der Waals surface area contributed by atoms with Gasteiger partial charge in [-0.25, -0.2) is 19.6 Å². The van der Waals surface area contributed by atoms with Gasteiger partial charge in [0.05, 0.1) is 25.2 Å². The van der Waals surface area contributed by atoms with Crippen LogP contribution >= 0.6 is 0 Å². The van der Waals surface area contributed by atoms with Gasteiger partial charge in [0.15, 0.2) is 0 Å². The highest BCUT2D eigenvalue weighted by Gasteiger charge is 2.44. The lowest BCUT2D eigenvalue weighted by molar-refractivity contribution is 0.0459. The molecule has 0 aliphatic heterocycles. The molecule has 1 aliphatic rings. The number of esters is 1. The van der Waals surface area contributed by atoms with Crippen LogP contribution in [0.1, 0.15) is 48.8 Å². The monoisotopic (exact) mass is 425 g/mol.